The fraction of sp³-hybridized carbons (Fsp3) is 0.261. The number of nitrogens with one attached hydrogen (secondary N) is 1. The fourth-order valence-corrected chi connectivity index (χ4v) is 4.25. The van der Waals surface area contributed by atoms with Gasteiger partial charge in [0, 0.05) is 23.4 Å². The Morgan fingerprint density at radius 1 is 1.11 bits per heavy atom. The minimum absolute atomic E-state index is 0.0267. The highest BCUT2D eigenvalue weighted by Gasteiger charge is 2.17. The molecule has 3 aromatic rings. The number of carbonyl (C=O) groups is 1. The first-order valence-electron chi connectivity index (χ1n) is 9.27. The van der Waals surface area contributed by atoms with Crippen LogP contribution in [0.2, 0.25) is 0 Å². The number of rotatable bonds is 8. The van der Waals surface area contributed by atoms with Crippen molar-refractivity contribution < 1.29 is 4.79 Å². The average molecular weight is 411 g/mol. The first-order valence-corrected chi connectivity index (χ1v) is 11.4. The minimum atomic E-state index is 0.0267. The summed E-state index contributed by atoms with van der Waals surface area (Å²) in [4.78, 5) is 16.9. The van der Waals surface area contributed by atoms with Crippen LogP contribution in [0.3, 0.4) is 0 Å². The number of hydrogen-bond donors (Lipinski definition) is 1. The van der Waals surface area contributed by atoms with Crippen molar-refractivity contribution in [3.63, 3.8) is 0 Å². The van der Waals surface area contributed by atoms with Crippen LogP contribution in [0.5, 0.6) is 0 Å². The first-order chi connectivity index (χ1) is 13.6. The van der Waals surface area contributed by atoms with E-state index in [-0.39, 0.29) is 11.9 Å². The van der Waals surface area contributed by atoms with Crippen molar-refractivity contribution >= 4 is 29.0 Å². The van der Waals surface area contributed by atoms with E-state index < -0.39 is 0 Å². The van der Waals surface area contributed by atoms with E-state index in [4.69, 9.17) is 0 Å². The van der Waals surface area contributed by atoms with Gasteiger partial charge in [0.2, 0.25) is 5.91 Å². The van der Waals surface area contributed by atoms with E-state index in [9.17, 15) is 4.79 Å². The van der Waals surface area contributed by atoms with Gasteiger partial charge in [-0.15, -0.1) is 23.1 Å². The van der Waals surface area contributed by atoms with Crippen LogP contribution < -0.4 is 5.32 Å². The molecule has 146 valence electrons. The van der Waals surface area contributed by atoms with Gasteiger partial charge in [-0.1, -0.05) is 48.0 Å². The van der Waals surface area contributed by atoms with Crippen molar-refractivity contribution in [2.24, 2.45) is 0 Å². The number of thiophene rings is 1. The van der Waals surface area contributed by atoms with Crippen LogP contribution in [-0.2, 0) is 11.3 Å². The Kier molecular flexibility index (Phi) is 7.31. The summed E-state index contributed by atoms with van der Waals surface area (Å²) in [5.74, 6) is 0.0858. The van der Waals surface area contributed by atoms with E-state index in [2.05, 4.69) is 84.5 Å². The summed E-state index contributed by atoms with van der Waals surface area (Å²) in [6, 6.07) is 21.1. The maximum absolute atomic E-state index is 12.7. The zero-order valence-corrected chi connectivity index (χ0v) is 18.1. The number of aryl methyl sites for hydroxylation is 1. The number of thioether (sulfide) groups is 1. The van der Waals surface area contributed by atoms with E-state index >= 15 is 0 Å². The largest absolute Gasteiger partial charge is 0.340 e. The molecule has 0 saturated carbocycles. The molecule has 5 heteroatoms. The topological polar surface area (TPSA) is 32.3 Å². The van der Waals surface area contributed by atoms with Crippen molar-refractivity contribution in [2.45, 2.75) is 24.4 Å². The second-order valence-electron chi connectivity index (χ2n) is 6.84. The monoisotopic (exact) mass is 410 g/mol. The van der Waals surface area contributed by atoms with E-state index in [0.717, 1.165) is 5.56 Å². The van der Waals surface area contributed by atoms with Gasteiger partial charge in [0.25, 0.3) is 0 Å². The van der Waals surface area contributed by atoms with Crippen LogP contribution in [0.1, 0.15) is 27.6 Å². The molecule has 1 heterocycles. The lowest BCUT2D eigenvalue weighted by atomic mass is 10.0. The lowest BCUT2D eigenvalue weighted by molar-refractivity contribution is -0.129. The molecule has 1 N–H and O–H groups in total. The van der Waals surface area contributed by atoms with Crippen LogP contribution in [0.15, 0.2) is 70.9 Å². The SMILES string of the molecule is CSc1ccc(CN(C)C(=O)CN[C@H](c2ccc(C)cc2)c2cccs2)cc1. The summed E-state index contributed by atoms with van der Waals surface area (Å²) < 4.78 is 0. The number of benzene rings is 2. The van der Waals surface area contributed by atoms with E-state index in [1.165, 1.54) is 20.9 Å². The molecule has 0 bridgehead atoms. The van der Waals surface area contributed by atoms with Crippen molar-refractivity contribution in [2.75, 3.05) is 19.8 Å². The summed E-state index contributed by atoms with van der Waals surface area (Å²) in [5.41, 5.74) is 3.55. The Labute approximate surface area is 175 Å². The molecule has 1 atom stereocenters. The Morgan fingerprint density at radius 3 is 2.43 bits per heavy atom. The second kappa shape index (κ2) is 9.92. The summed E-state index contributed by atoms with van der Waals surface area (Å²) >= 11 is 3.43. The van der Waals surface area contributed by atoms with Gasteiger partial charge in [0.1, 0.15) is 0 Å². The van der Waals surface area contributed by atoms with Crippen LogP contribution in [0.25, 0.3) is 0 Å². The molecule has 1 aromatic heterocycles. The number of carbonyl (C=O) groups excluding carboxylic acids is 1. The third kappa shape index (κ3) is 5.47. The van der Waals surface area contributed by atoms with Crippen molar-refractivity contribution in [1.29, 1.82) is 0 Å². The predicted octanol–water partition coefficient (Wildman–Crippen LogP) is 5.12. The number of amides is 1. The number of hydrogen-bond acceptors (Lipinski definition) is 4. The molecule has 1 amide bonds. The number of nitrogens with zero attached hydrogens (tertiary/aromatic N) is 1. The molecule has 3 nitrogen and oxygen atoms in total. The van der Waals surface area contributed by atoms with Gasteiger partial charge < -0.3 is 4.90 Å². The molecule has 3 rings (SSSR count). The van der Waals surface area contributed by atoms with Crippen LogP contribution >= 0.6 is 23.1 Å². The molecule has 0 radical (unpaired) electrons. The average Bonchev–Trinajstić information content (AvgIpc) is 3.24. The highest BCUT2D eigenvalue weighted by Crippen LogP contribution is 2.26. The zero-order valence-electron chi connectivity index (χ0n) is 16.5. The Balaban J connectivity index is 1.63. The van der Waals surface area contributed by atoms with Crippen molar-refractivity contribution in [1.82, 2.24) is 10.2 Å². The molecule has 2 aromatic carbocycles. The molecule has 0 aliphatic rings. The Hall–Kier alpha value is -2.08. The molecule has 0 spiro atoms. The summed E-state index contributed by atoms with van der Waals surface area (Å²) in [6.07, 6.45) is 2.06. The van der Waals surface area contributed by atoms with E-state index in [1.54, 1.807) is 28.0 Å². The predicted molar refractivity (Wildman–Crippen MR) is 120 cm³/mol. The zero-order chi connectivity index (χ0) is 19.9. The number of likely N-dealkylation sites (N-methyl/N-ethyl adjacent to an activating group) is 1. The van der Waals surface area contributed by atoms with Crippen molar-refractivity contribution in [3.05, 3.63) is 87.6 Å². The summed E-state index contributed by atoms with van der Waals surface area (Å²) in [6.45, 7) is 3.00. The summed E-state index contributed by atoms with van der Waals surface area (Å²) in [7, 11) is 1.86. The third-order valence-corrected chi connectivity index (χ3v) is 6.38. The molecule has 0 fully saturated rings. The maximum Gasteiger partial charge on any atom is 0.236 e. The molecular formula is C23H26N2OS2. The maximum atomic E-state index is 12.7. The molecule has 28 heavy (non-hydrogen) atoms. The van der Waals surface area contributed by atoms with Gasteiger partial charge in [-0.3, -0.25) is 10.1 Å². The summed E-state index contributed by atoms with van der Waals surface area (Å²) in [5, 5.41) is 5.53. The van der Waals surface area contributed by atoms with Gasteiger partial charge in [-0.25, -0.2) is 0 Å². The van der Waals surface area contributed by atoms with Gasteiger partial charge in [-0.05, 0) is 47.9 Å². The molecule has 0 aliphatic carbocycles. The molecule has 0 aliphatic heterocycles. The Bertz CT molecular complexity index is 874. The fourth-order valence-electron chi connectivity index (χ4n) is 3.01. The first kappa shape index (κ1) is 20.6. The normalized spacial score (nSPS) is 12.0. The van der Waals surface area contributed by atoms with Gasteiger partial charge in [-0.2, -0.15) is 0 Å². The highest BCUT2D eigenvalue weighted by atomic mass is 32.2. The van der Waals surface area contributed by atoms with E-state index in [0.29, 0.717) is 13.1 Å². The van der Waals surface area contributed by atoms with Crippen LogP contribution in [0.4, 0.5) is 0 Å². The standard InChI is InChI=1S/C23H26N2OS2/c1-17-6-10-19(11-7-17)23(21-5-4-14-28-21)24-15-22(26)25(2)16-18-8-12-20(27-3)13-9-18/h4-14,23-24H,15-16H2,1-3H3/t23-/m1/s1. The molecular weight excluding hydrogens is 384 g/mol. The lowest BCUT2D eigenvalue weighted by Gasteiger charge is -2.22. The van der Waals surface area contributed by atoms with Gasteiger partial charge in [0.15, 0.2) is 0 Å². The van der Waals surface area contributed by atoms with Gasteiger partial charge >= 0.3 is 0 Å². The molecule has 0 saturated heterocycles. The minimum Gasteiger partial charge on any atom is -0.340 e. The third-order valence-electron chi connectivity index (χ3n) is 4.70. The lowest BCUT2D eigenvalue weighted by Crippen LogP contribution is -2.36. The second-order valence-corrected chi connectivity index (χ2v) is 8.70. The quantitative estimate of drug-likeness (QED) is 0.523. The van der Waals surface area contributed by atoms with Crippen molar-refractivity contribution in [3.8, 4) is 0 Å². The van der Waals surface area contributed by atoms with Gasteiger partial charge in [0.05, 0.1) is 12.6 Å². The van der Waals surface area contributed by atoms with E-state index in [1.807, 2.05) is 7.05 Å². The van der Waals surface area contributed by atoms with Crippen LogP contribution in [0, 0.1) is 6.92 Å². The molecule has 0 unspecified atom stereocenters. The smallest absolute Gasteiger partial charge is 0.236 e. The Morgan fingerprint density at radius 2 is 1.82 bits per heavy atom. The van der Waals surface area contributed by atoms with Crippen LogP contribution in [-0.4, -0.2) is 30.7 Å². The highest BCUT2D eigenvalue weighted by molar-refractivity contribution is 7.98.